The third kappa shape index (κ3) is 3.95. The highest BCUT2D eigenvalue weighted by Crippen LogP contribution is 2.45. The van der Waals surface area contributed by atoms with Gasteiger partial charge in [-0.3, -0.25) is 14.4 Å². The number of nitrogens with two attached hydrogens (primary N) is 1. The summed E-state index contributed by atoms with van der Waals surface area (Å²) in [6.45, 7) is 2.09. The van der Waals surface area contributed by atoms with E-state index in [1.165, 1.54) is 10.6 Å². The number of hydrogen-bond acceptors (Lipinski definition) is 9. The zero-order valence-electron chi connectivity index (χ0n) is 23.0. The van der Waals surface area contributed by atoms with E-state index in [-0.39, 0.29) is 37.2 Å². The third-order valence-electron chi connectivity index (χ3n) is 8.71. The van der Waals surface area contributed by atoms with Crippen LogP contribution in [0.2, 0.25) is 0 Å². The van der Waals surface area contributed by atoms with E-state index in [4.69, 9.17) is 15.5 Å². The molecule has 6 rings (SSSR count). The minimum absolute atomic E-state index is 0.0142. The summed E-state index contributed by atoms with van der Waals surface area (Å²) in [6, 6.07) is 1.04. The van der Waals surface area contributed by atoms with E-state index in [1.54, 1.807) is 19.9 Å². The second-order valence-electron chi connectivity index (χ2n) is 10.9. The highest BCUT2D eigenvalue weighted by Gasteiger charge is 2.46. The number of aromatic nitrogens is 2. The van der Waals surface area contributed by atoms with Crippen molar-refractivity contribution < 1.29 is 33.7 Å². The number of carbonyl (C=O) groups excluding carboxylic acids is 3. The van der Waals surface area contributed by atoms with Crippen molar-refractivity contribution in [1.82, 2.24) is 20.2 Å². The lowest BCUT2D eigenvalue weighted by Gasteiger charge is -2.31. The van der Waals surface area contributed by atoms with Crippen molar-refractivity contribution in [3.05, 3.63) is 61.7 Å². The van der Waals surface area contributed by atoms with E-state index in [0.717, 1.165) is 5.56 Å². The Hall–Kier alpha value is -4.20. The average molecular weight is 580 g/mol. The van der Waals surface area contributed by atoms with Crippen LogP contribution in [0.4, 0.5) is 4.39 Å². The van der Waals surface area contributed by atoms with Gasteiger partial charge in [-0.1, -0.05) is 6.92 Å². The molecular formula is C29H30FN5O7. The number of cyclic esters (lactones) is 1. The maximum atomic E-state index is 15.1. The molecule has 3 aromatic rings. The number of halogens is 1. The zero-order chi connectivity index (χ0) is 30.1. The number of ether oxygens (including phenoxy) is 1. The topological polar surface area (TPSA) is 186 Å². The minimum Gasteiger partial charge on any atom is -0.458 e. The number of benzene rings is 1. The van der Waals surface area contributed by atoms with Crippen LogP contribution in [0, 0.1) is 12.7 Å². The number of pyridine rings is 2. The predicted octanol–water partition coefficient (Wildman–Crippen LogP) is 0.0664. The number of esters is 1. The van der Waals surface area contributed by atoms with Crippen LogP contribution in [0.3, 0.4) is 0 Å². The number of nitrogens with zero attached hydrogens (tertiary/aromatic N) is 2. The molecule has 12 nitrogen and oxygen atoms in total. The summed E-state index contributed by atoms with van der Waals surface area (Å²) < 4.78 is 21.7. The highest BCUT2D eigenvalue weighted by molar-refractivity contribution is 5.94. The zero-order valence-corrected chi connectivity index (χ0v) is 23.0. The lowest BCUT2D eigenvalue weighted by atomic mass is 9.81. The molecule has 4 heterocycles. The molecule has 0 saturated heterocycles. The Morgan fingerprint density at radius 1 is 1.29 bits per heavy atom. The molecule has 6 N–H and O–H groups in total. The maximum absolute atomic E-state index is 15.1. The predicted molar refractivity (Wildman–Crippen MR) is 146 cm³/mol. The van der Waals surface area contributed by atoms with E-state index in [0.29, 0.717) is 51.8 Å². The number of amides is 2. The molecule has 0 radical (unpaired) electrons. The molecular weight excluding hydrogens is 549 g/mol. The van der Waals surface area contributed by atoms with Crippen molar-refractivity contribution in [2.75, 3.05) is 13.2 Å². The molecule has 0 saturated carbocycles. The average Bonchev–Trinajstić information content (AvgIpc) is 3.35. The molecule has 1 aliphatic carbocycles. The van der Waals surface area contributed by atoms with Crippen LogP contribution in [0.1, 0.15) is 59.2 Å². The first-order chi connectivity index (χ1) is 20.0. The van der Waals surface area contributed by atoms with Gasteiger partial charge < -0.3 is 35.9 Å². The van der Waals surface area contributed by atoms with Gasteiger partial charge in [0, 0.05) is 22.6 Å². The first-order valence-electron chi connectivity index (χ1n) is 13.8. The molecule has 2 aromatic heterocycles. The number of fused-ring (bicyclic) bond motifs is 5. The number of nitrogens with one attached hydrogen (secondary N) is 2. The van der Waals surface area contributed by atoms with Gasteiger partial charge in [-0.05, 0) is 48.9 Å². The third-order valence-corrected chi connectivity index (χ3v) is 8.71. The first kappa shape index (κ1) is 27.9. The fourth-order valence-electron chi connectivity index (χ4n) is 6.42. The van der Waals surface area contributed by atoms with Crippen LogP contribution < -0.4 is 21.9 Å². The van der Waals surface area contributed by atoms with E-state index >= 15 is 4.39 Å². The second kappa shape index (κ2) is 9.96. The Morgan fingerprint density at radius 3 is 2.74 bits per heavy atom. The molecule has 13 heteroatoms. The fraction of sp³-hybridized carbons (Fsp3) is 0.414. The molecule has 0 spiro atoms. The van der Waals surface area contributed by atoms with Gasteiger partial charge in [-0.15, -0.1) is 0 Å². The largest absolute Gasteiger partial charge is 0.458 e. The van der Waals surface area contributed by atoms with E-state index in [1.807, 2.05) is 0 Å². The summed E-state index contributed by atoms with van der Waals surface area (Å²) in [5, 5.41) is 26.9. The monoisotopic (exact) mass is 579 g/mol. The second-order valence-corrected chi connectivity index (χ2v) is 10.9. The molecule has 0 unspecified atom stereocenters. The van der Waals surface area contributed by atoms with Crippen LogP contribution in [0.15, 0.2) is 16.9 Å². The molecule has 2 aliphatic heterocycles. The van der Waals surface area contributed by atoms with Crippen molar-refractivity contribution in [3.8, 4) is 11.4 Å². The number of aliphatic hydroxyl groups is 2. The highest BCUT2D eigenvalue weighted by atomic mass is 19.1. The summed E-state index contributed by atoms with van der Waals surface area (Å²) in [4.78, 5) is 56.0. The van der Waals surface area contributed by atoms with Gasteiger partial charge in [-0.2, -0.15) is 0 Å². The van der Waals surface area contributed by atoms with Crippen molar-refractivity contribution in [3.63, 3.8) is 0 Å². The summed E-state index contributed by atoms with van der Waals surface area (Å²) in [5.41, 5.74) is 6.80. The SMILES string of the molecule is CC[C@@]1(O)C(=O)OCc2c1cc1n(c2=O)Cc2c-1nc1cc(F)c(C)c3c1c2[C@@H](NC(=O)[C@H](CO)NC(=O)CN)CC3. The maximum Gasteiger partial charge on any atom is 0.343 e. The number of carbonyl (C=O) groups is 3. The van der Waals surface area contributed by atoms with Gasteiger partial charge in [0.1, 0.15) is 18.5 Å². The van der Waals surface area contributed by atoms with Gasteiger partial charge in [0.15, 0.2) is 5.60 Å². The van der Waals surface area contributed by atoms with Crippen molar-refractivity contribution in [2.45, 2.75) is 63.9 Å². The van der Waals surface area contributed by atoms with Crippen LogP contribution in [0.5, 0.6) is 0 Å². The normalized spacial score (nSPS) is 20.8. The Labute approximate surface area is 238 Å². The first-order valence-corrected chi connectivity index (χ1v) is 13.8. The number of hydrogen-bond donors (Lipinski definition) is 5. The van der Waals surface area contributed by atoms with Gasteiger partial charge in [0.25, 0.3) is 5.56 Å². The molecule has 1 aromatic carbocycles. The molecule has 3 aliphatic rings. The van der Waals surface area contributed by atoms with Crippen molar-refractivity contribution in [1.29, 1.82) is 0 Å². The molecule has 220 valence electrons. The van der Waals surface area contributed by atoms with E-state index < -0.39 is 53.5 Å². The summed E-state index contributed by atoms with van der Waals surface area (Å²) in [7, 11) is 0. The molecule has 2 amide bonds. The quantitative estimate of drug-likeness (QED) is 0.197. The Bertz CT molecular complexity index is 1770. The summed E-state index contributed by atoms with van der Waals surface area (Å²) in [5.74, 6) is -2.51. The summed E-state index contributed by atoms with van der Waals surface area (Å²) >= 11 is 0. The Kier molecular flexibility index (Phi) is 6.63. The molecule has 42 heavy (non-hydrogen) atoms. The smallest absolute Gasteiger partial charge is 0.343 e. The van der Waals surface area contributed by atoms with Crippen LogP contribution in [0.25, 0.3) is 22.3 Å². The number of rotatable bonds is 6. The van der Waals surface area contributed by atoms with E-state index in [2.05, 4.69) is 10.6 Å². The van der Waals surface area contributed by atoms with Crippen molar-refractivity contribution in [2.24, 2.45) is 5.73 Å². The Morgan fingerprint density at radius 2 is 2.05 bits per heavy atom. The van der Waals surface area contributed by atoms with Gasteiger partial charge in [0.05, 0.1) is 48.2 Å². The van der Waals surface area contributed by atoms with E-state index in [9.17, 15) is 29.4 Å². The van der Waals surface area contributed by atoms with Crippen molar-refractivity contribution >= 4 is 28.7 Å². The van der Waals surface area contributed by atoms with Crippen LogP contribution >= 0.6 is 0 Å². The van der Waals surface area contributed by atoms with Crippen LogP contribution in [-0.2, 0) is 44.3 Å². The van der Waals surface area contributed by atoms with Gasteiger partial charge >= 0.3 is 5.97 Å². The molecule has 0 bridgehead atoms. The fourth-order valence-corrected chi connectivity index (χ4v) is 6.42. The van der Waals surface area contributed by atoms with Crippen LogP contribution in [-0.4, -0.2) is 56.7 Å². The lowest BCUT2D eigenvalue weighted by molar-refractivity contribution is -0.172. The molecule has 3 atom stereocenters. The standard InChI is InChI=1S/C29H30FN5O7/c1-3-29(41)16-6-21-25-14(9-35(21)27(39)15(16)11-42-28(29)40)24-18(34-26(38)20(10-36)32-22(37)8-31)5-4-13-12(2)17(30)7-19(33-25)23(13)24/h6-7,18,20,36,41H,3-5,8-11,31H2,1-2H3,(H,32,37)(H,34,38)/t18-,20-,29-/m0/s1. The number of aryl methyl sites for hydroxylation is 1. The molecule has 0 fully saturated rings. The minimum atomic E-state index is -2.00. The Balaban J connectivity index is 1.55. The summed E-state index contributed by atoms with van der Waals surface area (Å²) in [6.07, 6.45) is 0.804. The van der Waals surface area contributed by atoms with Gasteiger partial charge in [0.2, 0.25) is 11.8 Å². The lowest BCUT2D eigenvalue weighted by Crippen LogP contribution is -2.51. The number of aliphatic hydroxyl groups excluding tert-OH is 1. The van der Waals surface area contributed by atoms with Gasteiger partial charge in [-0.25, -0.2) is 14.2 Å².